The number of rotatable bonds is 4. The van der Waals surface area contributed by atoms with Crippen LogP contribution in [0.3, 0.4) is 0 Å². The summed E-state index contributed by atoms with van der Waals surface area (Å²) in [5.41, 5.74) is 2.14. The van der Waals surface area contributed by atoms with Gasteiger partial charge in [0.15, 0.2) is 0 Å². The van der Waals surface area contributed by atoms with E-state index in [4.69, 9.17) is 11.6 Å². The molecule has 5 nitrogen and oxygen atoms in total. The summed E-state index contributed by atoms with van der Waals surface area (Å²) < 4.78 is 1.13. The Morgan fingerprint density at radius 1 is 1.00 bits per heavy atom. The third kappa shape index (κ3) is 4.01. The Balaban J connectivity index is 1.64. The van der Waals surface area contributed by atoms with E-state index in [0.717, 1.165) is 36.1 Å². The number of aromatic nitrogens is 2. The van der Waals surface area contributed by atoms with Crippen LogP contribution in [0.5, 0.6) is 0 Å². The zero-order chi connectivity index (χ0) is 20.4. The third-order valence-electron chi connectivity index (χ3n) is 5.79. The zero-order valence-electron chi connectivity index (χ0n) is 16.4. The number of H-pyrrole nitrogens is 1. The Hall–Kier alpha value is -2.79. The van der Waals surface area contributed by atoms with Crippen LogP contribution in [0.4, 0.5) is 5.82 Å². The minimum absolute atomic E-state index is 0.270. The molecule has 0 saturated carbocycles. The van der Waals surface area contributed by atoms with Crippen molar-refractivity contribution in [3.63, 3.8) is 0 Å². The number of anilines is 1. The van der Waals surface area contributed by atoms with Gasteiger partial charge in [0.1, 0.15) is 5.82 Å². The van der Waals surface area contributed by atoms with E-state index in [0.29, 0.717) is 28.7 Å². The summed E-state index contributed by atoms with van der Waals surface area (Å²) in [6, 6.07) is 18.0. The lowest BCUT2D eigenvalue weighted by Crippen LogP contribution is -2.41. The number of hydrogen-bond donors (Lipinski definition) is 1. The maximum atomic E-state index is 12.9. The first-order valence-electron chi connectivity index (χ1n) is 9.90. The Bertz CT molecular complexity index is 1110. The highest BCUT2D eigenvalue weighted by molar-refractivity contribution is 6.31. The van der Waals surface area contributed by atoms with Gasteiger partial charge >= 0.3 is 5.69 Å². The van der Waals surface area contributed by atoms with Gasteiger partial charge in [-0.2, -0.15) is 0 Å². The van der Waals surface area contributed by atoms with E-state index in [-0.39, 0.29) is 5.56 Å². The molecule has 1 aliphatic rings. The first-order valence-corrected chi connectivity index (χ1v) is 10.3. The van der Waals surface area contributed by atoms with Gasteiger partial charge in [0.2, 0.25) is 0 Å². The monoisotopic (exact) mass is 409 g/mol. The molecule has 1 saturated heterocycles. The fraction of sp³-hybridized carbons (Fsp3) is 0.304. The molecule has 2 aromatic carbocycles. The second-order valence-corrected chi connectivity index (χ2v) is 7.97. The van der Waals surface area contributed by atoms with Crippen LogP contribution in [0.25, 0.3) is 0 Å². The first kappa shape index (κ1) is 19.5. The fourth-order valence-electron chi connectivity index (χ4n) is 4.08. The van der Waals surface area contributed by atoms with E-state index in [2.05, 4.69) is 34.1 Å². The molecule has 0 atom stereocenters. The first-order chi connectivity index (χ1) is 14.0. The molecular formula is C23H24ClN3O2. The Labute approximate surface area is 174 Å². The topological polar surface area (TPSA) is 58.1 Å². The maximum absolute atomic E-state index is 12.9. The minimum Gasteiger partial charge on any atom is -0.358 e. The molecule has 0 radical (unpaired) electrons. The summed E-state index contributed by atoms with van der Waals surface area (Å²) in [5, 5.41) is 0.620. The lowest BCUT2D eigenvalue weighted by molar-refractivity contribution is 0.500. The Morgan fingerprint density at radius 3 is 2.34 bits per heavy atom. The zero-order valence-corrected chi connectivity index (χ0v) is 17.2. The molecule has 2 heterocycles. The van der Waals surface area contributed by atoms with Crippen LogP contribution in [-0.4, -0.2) is 22.6 Å². The quantitative estimate of drug-likeness (QED) is 0.714. The van der Waals surface area contributed by atoms with Gasteiger partial charge in [0.25, 0.3) is 5.56 Å². The van der Waals surface area contributed by atoms with Gasteiger partial charge in [-0.15, -0.1) is 0 Å². The highest BCUT2D eigenvalue weighted by Gasteiger charge is 2.25. The van der Waals surface area contributed by atoms with Crippen molar-refractivity contribution in [2.24, 2.45) is 7.05 Å². The molecule has 0 aliphatic carbocycles. The van der Waals surface area contributed by atoms with E-state index in [1.165, 1.54) is 12.6 Å². The number of benzene rings is 2. The van der Waals surface area contributed by atoms with Gasteiger partial charge < -0.3 is 4.90 Å². The highest BCUT2D eigenvalue weighted by Crippen LogP contribution is 2.31. The van der Waals surface area contributed by atoms with Crippen molar-refractivity contribution >= 4 is 17.4 Å². The van der Waals surface area contributed by atoms with E-state index >= 15 is 0 Å². The molecule has 1 aromatic heterocycles. The van der Waals surface area contributed by atoms with Gasteiger partial charge in [-0.3, -0.25) is 14.3 Å². The molecule has 4 rings (SSSR count). The molecule has 29 heavy (non-hydrogen) atoms. The lowest BCUT2D eigenvalue weighted by atomic mass is 9.89. The summed E-state index contributed by atoms with van der Waals surface area (Å²) in [4.78, 5) is 30.3. The van der Waals surface area contributed by atoms with Crippen molar-refractivity contribution in [1.29, 1.82) is 0 Å². The van der Waals surface area contributed by atoms with E-state index in [1.54, 1.807) is 0 Å². The Kier molecular flexibility index (Phi) is 5.58. The van der Waals surface area contributed by atoms with Crippen LogP contribution in [0.15, 0.2) is 64.2 Å². The number of nitrogens with zero attached hydrogens (tertiary/aromatic N) is 2. The lowest BCUT2D eigenvalue weighted by Gasteiger charge is -2.34. The summed E-state index contributed by atoms with van der Waals surface area (Å²) in [6.45, 7) is 1.58. The molecule has 0 bridgehead atoms. The number of halogens is 1. The maximum Gasteiger partial charge on any atom is 0.329 e. The predicted octanol–water partition coefficient (Wildman–Crippen LogP) is 3.70. The van der Waals surface area contributed by atoms with E-state index in [1.807, 2.05) is 30.3 Å². The summed E-state index contributed by atoms with van der Waals surface area (Å²) in [5.74, 6) is 1.13. The number of nitrogens with one attached hydrogen (secondary N) is 1. The normalized spacial score (nSPS) is 14.9. The molecule has 1 N–H and O–H groups in total. The van der Waals surface area contributed by atoms with Crippen molar-refractivity contribution in [2.45, 2.75) is 25.2 Å². The highest BCUT2D eigenvalue weighted by atomic mass is 35.5. The van der Waals surface area contributed by atoms with Crippen molar-refractivity contribution in [3.8, 4) is 0 Å². The standard InChI is InChI=1S/C23H24ClN3O2/c1-26-22(28)19(15-18-9-5-6-10-20(18)24)21(25-23(26)29)27-13-11-17(12-14-27)16-7-3-2-4-8-16/h2-10,17H,11-15H2,1H3,(H,25,29). The Morgan fingerprint density at radius 2 is 1.66 bits per heavy atom. The van der Waals surface area contributed by atoms with Crippen LogP contribution in [0.1, 0.15) is 35.4 Å². The van der Waals surface area contributed by atoms with E-state index in [9.17, 15) is 9.59 Å². The molecule has 150 valence electrons. The summed E-state index contributed by atoms with van der Waals surface area (Å²) in [6.07, 6.45) is 2.34. The number of hydrogen-bond acceptors (Lipinski definition) is 3. The molecule has 6 heteroatoms. The fourth-order valence-corrected chi connectivity index (χ4v) is 4.28. The molecule has 1 aliphatic heterocycles. The van der Waals surface area contributed by atoms with Crippen LogP contribution in [0.2, 0.25) is 5.02 Å². The molecule has 1 fully saturated rings. The second kappa shape index (κ2) is 8.29. The number of aromatic amines is 1. The van der Waals surface area contributed by atoms with Gasteiger partial charge in [-0.05, 0) is 36.0 Å². The average molecular weight is 410 g/mol. The molecular weight excluding hydrogens is 386 g/mol. The SMILES string of the molecule is Cn1c(=O)[nH]c(N2CCC(c3ccccc3)CC2)c(Cc2ccccc2Cl)c1=O. The minimum atomic E-state index is -0.391. The van der Waals surface area contributed by atoms with Gasteiger partial charge in [0, 0.05) is 31.6 Å². The summed E-state index contributed by atoms with van der Waals surface area (Å²) >= 11 is 6.33. The molecule has 0 unspecified atom stereocenters. The van der Waals surface area contributed by atoms with Crippen molar-refractivity contribution in [2.75, 3.05) is 18.0 Å². The molecule has 0 spiro atoms. The van der Waals surface area contributed by atoms with Crippen LogP contribution in [-0.2, 0) is 13.5 Å². The van der Waals surface area contributed by atoms with Crippen molar-refractivity contribution in [1.82, 2.24) is 9.55 Å². The van der Waals surface area contributed by atoms with Crippen LogP contribution >= 0.6 is 11.6 Å². The smallest absolute Gasteiger partial charge is 0.329 e. The predicted molar refractivity (Wildman–Crippen MR) is 117 cm³/mol. The van der Waals surface area contributed by atoms with Crippen LogP contribution in [0, 0.1) is 0 Å². The van der Waals surface area contributed by atoms with Crippen molar-refractivity contribution in [3.05, 3.63) is 97.1 Å². The van der Waals surface area contributed by atoms with E-state index < -0.39 is 5.69 Å². The number of piperidine rings is 1. The third-order valence-corrected chi connectivity index (χ3v) is 6.15. The molecule has 3 aromatic rings. The van der Waals surface area contributed by atoms with Crippen molar-refractivity contribution < 1.29 is 0 Å². The van der Waals surface area contributed by atoms with Gasteiger partial charge in [-0.1, -0.05) is 60.1 Å². The van der Waals surface area contributed by atoms with Gasteiger partial charge in [-0.25, -0.2) is 4.79 Å². The molecule has 0 amide bonds. The van der Waals surface area contributed by atoms with Crippen LogP contribution < -0.4 is 16.1 Å². The second-order valence-electron chi connectivity index (χ2n) is 7.56. The summed E-state index contributed by atoms with van der Waals surface area (Å²) in [7, 11) is 1.50. The average Bonchev–Trinajstić information content (AvgIpc) is 2.76. The van der Waals surface area contributed by atoms with Gasteiger partial charge in [0.05, 0.1) is 5.56 Å². The largest absolute Gasteiger partial charge is 0.358 e.